The molecule has 0 bridgehead atoms. The first-order chi connectivity index (χ1) is 13.6. The largest absolute Gasteiger partial charge is 0.355 e. The molecule has 4 rings (SSSR count). The molecule has 1 saturated heterocycles. The Balaban J connectivity index is 1.34. The van der Waals surface area contributed by atoms with Crippen LogP contribution in [0.15, 0.2) is 47.5 Å². The minimum atomic E-state index is -0.456. The Morgan fingerprint density at radius 1 is 1.14 bits per heavy atom. The van der Waals surface area contributed by atoms with Gasteiger partial charge in [-0.2, -0.15) is 5.10 Å². The quantitative estimate of drug-likeness (QED) is 0.663. The zero-order valence-electron chi connectivity index (χ0n) is 14.8. The van der Waals surface area contributed by atoms with E-state index in [2.05, 4.69) is 46.4 Å². The predicted molar refractivity (Wildman–Crippen MR) is 105 cm³/mol. The number of nitrogens with one attached hydrogen (secondary N) is 1. The van der Waals surface area contributed by atoms with Crippen LogP contribution in [0.5, 0.6) is 0 Å². The van der Waals surface area contributed by atoms with Crippen LogP contribution >= 0.6 is 15.9 Å². The number of aromatic nitrogens is 5. The van der Waals surface area contributed by atoms with E-state index in [0.717, 1.165) is 5.82 Å². The second-order valence-electron chi connectivity index (χ2n) is 6.46. The van der Waals surface area contributed by atoms with E-state index in [1.165, 1.54) is 17.1 Å². The highest BCUT2D eigenvalue weighted by molar-refractivity contribution is 9.10. The summed E-state index contributed by atoms with van der Waals surface area (Å²) < 4.78 is 16.1. The molecule has 0 saturated carbocycles. The van der Waals surface area contributed by atoms with Crippen LogP contribution in [0.4, 0.5) is 15.9 Å². The van der Waals surface area contributed by atoms with E-state index in [0.29, 0.717) is 36.2 Å². The Hall–Kier alpha value is -2.88. The van der Waals surface area contributed by atoms with E-state index in [1.54, 1.807) is 18.5 Å². The SMILES string of the molecule is O=C(Nc1ccc(Br)cc1F)C1CCN(c2ccc(-n3cncn3)nn2)CC1. The third-order valence-electron chi connectivity index (χ3n) is 4.67. The summed E-state index contributed by atoms with van der Waals surface area (Å²) in [6.45, 7) is 1.36. The predicted octanol–water partition coefficient (Wildman–Crippen LogP) is 2.81. The number of halogens is 2. The second kappa shape index (κ2) is 8.01. The Kier molecular flexibility index (Phi) is 5.29. The molecule has 1 N–H and O–H groups in total. The normalized spacial score (nSPS) is 14.9. The van der Waals surface area contributed by atoms with Gasteiger partial charge in [0.05, 0.1) is 5.69 Å². The maximum Gasteiger partial charge on any atom is 0.227 e. The summed E-state index contributed by atoms with van der Waals surface area (Å²) >= 11 is 3.21. The number of amides is 1. The first kappa shape index (κ1) is 18.5. The van der Waals surface area contributed by atoms with Gasteiger partial charge in [0.15, 0.2) is 11.6 Å². The van der Waals surface area contributed by atoms with Crippen LogP contribution in [0.25, 0.3) is 5.82 Å². The Morgan fingerprint density at radius 3 is 2.54 bits per heavy atom. The van der Waals surface area contributed by atoms with Gasteiger partial charge in [0.2, 0.25) is 5.91 Å². The van der Waals surface area contributed by atoms with Crippen molar-refractivity contribution in [3.8, 4) is 5.82 Å². The van der Waals surface area contributed by atoms with Gasteiger partial charge in [-0.05, 0) is 43.2 Å². The molecule has 1 aliphatic heterocycles. The van der Waals surface area contributed by atoms with Gasteiger partial charge in [-0.25, -0.2) is 14.1 Å². The van der Waals surface area contributed by atoms with Gasteiger partial charge in [0, 0.05) is 23.5 Å². The fourth-order valence-electron chi connectivity index (χ4n) is 3.13. The summed E-state index contributed by atoms with van der Waals surface area (Å²) in [6, 6.07) is 8.29. The van der Waals surface area contributed by atoms with Crippen LogP contribution < -0.4 is 10.2 Å². The molecule has 1 amide bonds. The minimum Gasteiger partial charge on any atom is -0.355 e. The highest BCUT2D eigenvalue weighted by atomic mass is 79.9. The number of nitrogens with zero attached hydrogens (tertiary/aromatic N) is 6. The first-order valence-corrected chi connectivity index (χ1v) is 9.59. The monoisotopic (exact) mass is 445 g/mol. The number of carbonyl (C=O) groups is 1. The Morgan fingerprint density at radius 2 is 1.89 bits per heavy atom. The molecular formula is C18H17BrFN7O. The summed E-state index contributed by atoms with van der Waals surface area (Å²) in [4.78, 5) is 18.4. The van der Waals surface area contributed by atoms with E-state index in [-0.39, 0.29) is 17.5 Å². The lowest BCUT2D eigenvalue weighted by Gasteiger charge is -2.31. The molecule has 3 heterocycles. The van der Waals surface area contributed by atoms with Crippen molar-refractivity contribution in [3.63, 3.8) is 0 Å². The standard InChI is InChI=1S/C18H17BrFN7O/c19-13-1-2-15(14(20)9-13)23-18(28)12-5-7-26(8-6-12)16-3-4-17(25-24-16)27-11-21-10-22-27/h1-4,9-12H,5-8H2,(H,23,28). The summed E-state index contributed by atoms with van der Waals surface area (Å²) in [6.07, 6.45) is 4.32. The van der Waals surface area contributed by atoms with Crippen molar-refractivity contribution in [2.75, 3.05) is 23.3 Å². The van der Waals surface area contributed by atoms with Gasteiger partial charge >= 0.3 is 0 Å². The molecule has 1 fully saturated rings. The lowest BCUT2D eigenvalue weighted by Crippen LogP contribution is -2.38. The minimum absolute atomic E-state index is 0.159. The van der Waals surface area contributed by atoms with Crippen molar-refractivity contribution in [2.24, 2.45) is 5.92 Å². The smallest absolute Gasteiger partial charge is 0.227 e. The summed E-state index contributed by atoms with van der Waals surface area (Å²) in [5.74, 6) is 0.562. The van der Waals surface area contributed by atoms with Crippen LogP contribution in [-0.2, 0) is 4.79 Å². The topological polar surface area (TPSA) is 88.8 Å². The zero-order valence-corrected chi connectivity index (χ0v) is 16.4. The molecule has 3 aromatic rings. The van der Waals surface area contributed by atoms with E-state index in [4.69, 9.17) is 0 Å². The molecule has 28 heavy (non-hydrogen) atoms. The summed E-state index contributed by atoms with van der Waals surface area (Å²) in [5.41, 5.74) is 0.199. The zero-order chi connectivity index (χ0) is 19.5. The van der Waals surface area contributed by atoms with E-state index in [1.807, 2.05) is 12.1 Å². The maximum absolute atomic E-state index is 13.9. The highest BCUT2D eigenvalue weighted by Crippen LogP contribution is 2.25. The van der Waals surface area contributed by atoms with E-state index >= 15 is 0 Å². The van der Waals surface area contributed by atoms with Gasteiger partial charge in [-0.1, -0.05) is 15.9 Å². The van der Waals surface area contributed by atoms with Gasteiger partial charge in [-0.15, -0.1) is 10.2 Å². The molecule has 0 atom stereocenters. The van der Waals surface area contributed by atoms with Crippen molar-refractivity contribution in [1.29, 1.82) is 0 Å². The number of carbonyl (C=O) groups excluding carboxylic acids is 1. The van der Waals surface area contributed by atoms with Crippen LogP contribution in [0.3, 0.4) is 0 Å². The van der Waals surface area contributed by atoms with Crippen molar-refractivity contribution in [1.82, 2.24) is 25.0 Å². The van der Waals surface area contributed by atoms with Crippen LogP contribution in [-0.4, -0.2) is 44.0 Å². The molecule has 144 valence electrons. The number of piperidine rings is 1. The second-order valence-corrected chi connectivity index (χ2v) is 7.38. The average molecular weight is 446 g/mol. The van der Waals surface area contributed by atoms with Crippen molar-refractivity contribution >= 4 is 33.3 Å². The molecule has 0 radical (unpaired) electrons. The molecule has 2 aromatic heterocycles. The molecule has 1 aromatic carbocycles. The number of rotatable bonds is 4. The van der Waals surface area contributed by atoms with Gasteiger partial charge in [-0.3, -0.25) is 4.79 Å². The molecule has 8 nitrogen and oxygen atoms in total. The summed E-state index contributed by atoms with van der Waals surface area (Å²) in [7, 11) is 0. The average Bonchev–Trinajstić information content (AvgIpc) is 3.25. The van der Waals surface area contributed by atoms with Crippen LogP contribution in [0.2, 0.25) is 0 Å². The highest BCUT2D eigenvalue weighted by Gasteiger charge is 2.26. The number of hydrogen-bond donors (Lipinski definition) is 1. The lowest BCUT2D eigenvalue weighted by molar-refractivity contribution is -0.120. The fourth-order valence-corrected chi connectivity index (χ4v) is 3.47. The molecule has 0 spiro atoms. The summed E-state index contributed by atoms with van der Waals surface area (Å²) in [5, 5.41) is 15.1. The van der Waals surface area contributed by atoms with E-state index in [9.17, 15) is 9.18 Å². The number of anilines is 2. The van der Waals surface area contributed by atoms with E-state index < -0.39 is 5.82 Å². The third-order valence-corrected chi connectivity index (χ3v) is 5.16. The first-order valence-electron chi connectivity index (χ1n) is 8.80. The Labute approximate surface area is 168 Å². The van der Waals surface area contributed by atoms with Crippen molar-refractivity contribution in [2.45, 2.75) is 12.8 Å². The lowest BCUT2D eigenvalue weighted by atomic mass is 9.96. The molecule has 1 aliphatic rings. The maximum atomic E-state index is 13.9. The van der Waals surface area contributed by atoms with Gasteiger partial charge in [0.25, 0.3) is 0 Å². The number of hydrogen-bond acceptors (Lipinski definition) is 6. The molecule has 0 aliphatic carbocycles. The third kappa shape index (κ3) is 4.01. The van der Waals surface area contributed by atoms with Crippen LogP contribution in [0, 0.1) is 11.7 Å². The number of benzene rings is 1. The van der Waals surface area contributed by atoms with Gasteiger partial charge in [0.1, 0.15) is 18.5 Å². The molecular weight excluding hydrogens is 429 g/mol. The van der Waals surface area contributed by atoms with Crippen molar-refractivity contribution < 1.29 is 9.18 Å². The van der Waals surface area contributed by atoms with Crippen LogP contribution in [0.1, 0.15) is 12.8 Å². The Bertz CT molecular complexity index is 957. The van der Waals surface area contributed by atoms with Crippen molar-refractivity contribution in [3.05, 3.63) is 53.3 Å². The fraction of sp³-hybridized carbons (Fsp3) is 0.278. The van der Waals surface area contributed by atoms with Gasteiger partial charge < -0.3 is 10.2 Å². The molecule has 0 unspecified atom stereocenters. The molecule has 10 heteroatoms.